The van der Waals surface area contributed by atoms with Crippen molar-refractivity contribution in [2.24, 2.45) is 0 Å². The van der Waals surface area contributed by atoms with Crippen molar-refractivity contribution >= 4 is 0 Å². The lowest BCUT2D eigenvalue weighted by Gasteiger charge is -2.12. The Bertz CT molecular complexity index is 301. The fraction of sp³-hybridized carbons (Fsp3) is 0.455. The van der Waals surface area contributed by atoms with Gasteiger partial charge in [0.25, 0.3) is 0 Å². The quantitative estimate of drug-likeness (QED) is 0.677. The second-order valence-corrected chi connectivity index (χ2v) is 3.82. The zero-order chi connectivity index (χ0) is 9.26. The summed E-state index contributed by atoms with van der Waals surface area (Å²) in [5, 5.41) is 0. The highest BCUT2D eigenvalue weighted by molar-refractivity contribution is 5.34. The van der Waals surface area contributed by atoms with Crippen molar-refractivity contribution in [3.63, 3.8) is 0 Å². The fourth-order valence-electron chi connectivity index (χ4n) is 1.88. The molecule has 2 N–H and O–H groups in total. The summed E-state index contributed by atoms with van der Waals surface area (Å²) in [4.78, 5) is 0. The van der Waals surface area contributed by atoms with Crippen LogP contribution in [0.15, 0.2) is 18.2 Å². The van der Waals surface area contributed by atoms with Crippen LogP contribution in [0.5, 0.6) is 0 Å². The minimum Gasteiger partial charge on any atom is -0.257 e. The fourth-order valence-corrected chi connectivity index (χ4v) is 1.88. The Morgan fingerprint density at radius 1 is 1.15 bits per heavy atom. The molecule has 2 rings (SSSR count). The van der Waals surface area contributed by atoms with Gasteiger partial charge in [-0.05, 0) is 25.0 Å². The number of benzene rings is 1. The molecule has 0 saturated carbocycles. The van der Waals surface area contributed by atoms with Crippen LogP contribution in [0, 0.1) is 13.8 Å². The third-order valence-corrected chi connectivity index (χ3v) is 2.70. The van der Waals surface area contributed by atoms with Gasteiger partial charge >= 0.3 is 0 Å². The van der Waals surface area contributed by atoms with Gasteiger partial charge in [-0.15, -0.1) is 0 Å². The second-order valence-electron chi connectivity index (χ2n) is 3.82. The Balaban J connectivity index is 2.32. The number of aryl methyl sites for hydroxylation is 2. The van der Waals surface area contributed by atoms with Crippen LogP contribution >= 0.6 is 0 Å². The highest BCUT2D eigenvalue weighted by atomic mass is 15.4. The molecule has 0 spiro atoms. The Hall–Kier alpha value is -0.860. The maximum Gasteiger partial charge on any atom is 0.0182 e. The van der Waals surface area contributed by atoms with Gasteiger partial charge in [-0.25, -0.2) is 0 Å². The largest absolute Gasteiger partial charge is 0.257 e. The molecule has 1 heterocycles. The smallest absolute Gasteiger partial charge is 0.0182 e. The molecule has 1 fully saturated rings. The molecule has 0 aliphatic carbocycles. The molecule has 2 nitrogen and oxygen atoms in total. The number of nitrogens with one attached hydrogen (secondary N) is 2. The predicted octanol–water partition coefficient (Wildman–Crippen LogP) is 1.49. The van der Waals surface area contributed by atoms with Crippen molar-refractivity contribution in [3.05, 3.63) is 34.9 Å². The van der Waals surface area contributed by atoms with Crippen molar-refractivity contribution in [1.29, 1.82) is 0 Å². The van der Waals surface area contributed by atoms with Crippen LogP contribution in [0.3, 0.4) is 0 Å². The van der Waals surface area contributed by atoms with Gasteiger partial charge in [0.05, 0.1) is 0 Å². The Morgan fingerprint density at radius 2 is 1.85 bits per heavy atom. The molecule has 0 amide bonds. The zero-order valence-electron chi connectivity index (χ0n) is 8.22. The Kier molecular flexibility index (Phi) is 2.34. The van der Waals surface area contributed by atoms with Crippen LogP contribution < -0.4 is 10.9 Å². The molecule has 1 aliphatic heterocycles. The van der Waals surface area contributed by atoms with E-state index in [1.54, 1.807) is 0 Å². The predicted molar refractivity (Wildman–Crippen MR) is 54.7 cm³/mol. The van der Waals surface area contributed by atoms with E-state index < -0.39 is 0 Å². The number of hydrogen-bond acceptors (Lipinski definition) is 2. The van der Waals surface area contributed by atoms with Gasteiger partial charge in [0, 0.05) is 19.0 Å². The first-order valence-corrected chi connectivity index (χ1v) is 4.80. The summed E-state index contributed by atoms with van der Waals surface area (Å²) in [6.07, 6.45) is 0. The molecule has 1 aromatic carbocycles. The van der Waals surface area contributed by atoms with E-state index in [4.69, 9.17) is 0 Å². The monoisotopic (exact) mass is 176 g/mol. The first-order valence-electron chi connectivity index (χ1n) is 4.80. The molecule has 70 valence electrons. The highest BCUT2D eigenvalue weighted by Crippen LogP contribution is 2.21. The topological polar surface area (TPSA) is 24.1 Å². The molecular formula is C11H16N2. The average molecular weight is 176 g/mol. The molecule has 2 heteroatoms. The summed E-state index contributed by atoms with van der Waals surface area (Å²) in [7, 11) is 0. The van der Waals surface area contributed by atoms with E-state index in [1.807, 2.05) is 0 Å². The normalized spacial score (nSPS) is 18.0. The van der Waals surface area contributed by atoms with Crippen molar-refractivity contribution in [3.8, 4) is 0 Å². The molecule has 1 aromatic rings. The van der Waals surface area contributed by atoms with Gasteiger partial charge in [-0.1, -0.05) is 23.8 Å². The Labute approximate surface area is 79.3 Å². The van der Waals surface area contributed by atoms with Gasteiger partial charge in [0.2, 0.25) is 0 Å². The molecule has 0 radical (unpaired) electrons. The lowest BCUT2D eigenvalue weighted by molar-refractivity contribution is 0.689. The summed E-state index contributed by atoms with van der Waals surface area (Å²) in [6, 6.07) is 6.69. The molecular weight excluding hydrogens is 160 g/mol. The molecule has 0 unspecified atom stereocenters. The SMILES string of the molecule is Cc1ccc(C)c(C2CNNC2)c1. The number of rotatable bonds is 1. The summed E-state index contributed by atoms with van der Waals surface area (Å²) >= 11 is 0. The minimum absolute atomic E-state index is 0.639. The molecule has 0 aromatic heterocycles. The van der Waals surface area contributed by atoms with Crippen LogP contribution in [0.1, 0.15) is 22.6 Å². The van der Waals surface area contributed by atoms with Gasteiger partial charge in [0.1, 0.15) is 0 Å². The van der Waals surface area contributed by atoms with Gasteiger partial charge in [-0.3, -0.25) is 10.9 Å². The van der Waals surface area contributed by atoms with Gasteiger partial charge in [0.15, 0.2) is 0 Å². The summed E-state index contributed by atoms with van der Waals surface area (Å²) in [5.41, 5.74) is 10.6. The van der Waals surface area contributed by atoms with E-state index in [9.17, 15) is 0 Å². The van der Waals surface area contributed by atoms with E-state index in [-0.39, 0.29) is 0 Å². The van der Waals surface area contributed by atoms with E-state index in [1.165, 1.54) is 16.7 Å². The van der Waals surface area contributed by atoms with E-state index in [0.29, 0.717) is 5.92 Å². The zero-order valence-corrected chi connectivity index (χ0v) is 8.22. The van der Waals surface area contributed by atoms with Gasteiger partial charge in [-0.2, -0.15) is 0 Å². The molecule has 0 atom stereocenters. The van der Waals surface area contributed by atoms with Crippen LogP contribution in [-0.2, 0) is 0 Å². The summed E-state index contributed by atoms with van der Waals surface area (Å²) in [5.74, 6) is 0.639. The first kappa shape index (κ1) is 8.73. The number of hydrogen-bond donors (Lipinski definition) is 2. The molecule has 1 saturated heterocycles. The summed E-state index contributed by atoms with van der Waals surface area (Å²) in [6.45, 7) is 6.43. The maximum absolute atomic E-state index is 3.17. The summed E-state index contributed by atoms with van der Waals surface area (Å²) < 4.78 is 0. The lowest BCUT2D eigenvalue weighted by atomic mass is 9.94. The van der Waals surface area contributed by atoms with Crippen molar-refractivity contribution < 1.29 is 0 Å². The number of hydrazine groups is 1. The third kappa shape index (κ3) is 1.74. The maximum atomic E-state index is 3.17. The Morgan fingerprint density at radius 3 is 2.54 bits per heavy atom. The molecule has 13 heavy (non-hydrogen) atoms. The van der Waals surface area contributed by atoms with Crippen molar-refractivity contribution in [2.45, 2.75) is 19.8 Å². The molecule has 0 bridgehead atoms. The lowest BCUT2D eigenvalue weighted by Crippen LogP contribution is -2.21. The third-order valence-electron chi connectivity index (χ3n) is 2.70. The van der Waals surface area contributed by atoms with Gasteiger partial charge < -0.3 is 0 Å². The van der Waals surface area contributed by atoms with Crippen molar-refractivity contribution in [1.82, 2.24) is 10.9 Å². The molecule has 1 aliphatic rings. The highest BCUT2D eigenvalue weighted by Gasteiger charge is 2.17. The van der Waals surface area contributed by atoms with Crippen LogP contribution in [0.2, 0.25) is 0 Å². The van der Waals surface area contributed by atoms with E-state index >= 15 is 0 Å². The van der Waals surface area contributed by atoms with Crippen LogP contribution in [0.25, 0.3) is 0 Å². The van der Waals surface area contributed by atoms with Crippen LogP contribution in [-0.4, -0.2) is 13.1 Å². The van der Waals surface area contributed by atoms with Crippen molar-refractivity contribution in [2.75, 3.05) is 13.1 Å². The first-order chi connectivity index (χ1) is 6.27. The standard InChI is InChI=1S/C11H16N2/c1-8-3-4-9(2)11(5-8)10-6-12-13-7-10/h3-5,10,12-13H,6-7H2,1-2H3. The van der Waals surface area contributed by atoms with Crippen LogP contribution in [0.4, 0.5) is 0 Å². The average Bonchev–Trinajstić information content (AvgIpc) is 2.61. The minimum atomic E-state index is 0.639. The van der Waals surface area contributed by atoms with E-state index in [0.717, 1.165) is 13.1 Å². The second kappa shape index (κ2) is 3.48. The van der Waals surface area contributed by atoms with E-state index in [2.05, 4.69) is 42.9 Å².